The minimum Gasteiger partial charge on any atom is -0.476 e. The van der Waals surface area contributed by atoms with Crippen molar-refractivity contribution in [2.45, 2.75) is 38.8 Å². The molecule has 2 heterocycles. The molecule has 3 unspecified atom stereocenters. The van der Waals surface area contributed by atoms with Gasteiger partial charge in [0.25, 0.3) is 0 Å². The Labute approximate surface area is 121 Å². The van der Waals surface area contributed by atoms with Crippen LogP contribution in [-0.2, 0) is 9.53 Å². The van der Waals surface area contributed by atoms with Crippen LogP contribution in [0.1, 0.15) is 48.2 Å². The SMILES string of the molecule is CCC1OCCC1C(=O)NC(C)c1nc(C(=O)O)cs1. The highest BCUT2D eigenvalue weighted by Crippen LogP contribution is 2.25. The number of hydrogen-bond acceptors (Lipinski definition) is 5. The molecule has 1 aromatic heterocycles. The summed E-state index contributed by atoms with van der Waals surface area (Å²) in [5.41, 5.74) is 0.0155. The zero-order valence-corrected chi connectivity index (χ0v) is 12.3. The Balaban J connectivity index is 1.98. The first kappa shape index (κ1) is 14.9. The molecule has 1 amide bonds. The van der Waals surface area contributed by atoms with Gasteiger partial charge in [0, 0.05) is 12.0 Å². The van der Waals surface area contributed by atoms with E-state index in [-0.39, 0.29) is 29.7 Å². The standard InChI is InChI=1S/C13H18N2O4S/c1-3-10-8(4-5-19-10)11(16)14-7(2)12-15-9(6-20-12)13(17)18/h6-8,10H,3-5H2,1-2H3,(H,14,16)(H,17,18). The summed E-state index contributed by atoms with van der Waals surface area (Å²) in [4.78, 5) is 27.0. The van der Waals surface area contributed by atoms with Crippen LogP contribution in [0.15, 0.2) is 5.38 Å². The van der Waals surface area contributed by atoms with Crippen LogP contribution >= 0.6 is 11.3 Å². The Morgan fingerprint density at radius 1 is 1.65 bits per heavy atom. The molecule has 0 radical (unpaired) electrons. The fraction of sp³-hybridized carbons (Fsp3) is 0.615. The molecular weight excluding hydrogens is 280 g/mol. The second-order valence-corrected chi connectivity index (χ2v) is 5.71. The number of rotatable bonds is 5. The third kappa shape index (κ3) is 3.16. The van der Waals surface area contributed by atoms with Crippen molar-refractivity contribution in [1.82, 2.24) is 10.3 Å². The molecule has 1 aliphatic heterocycles. The van der Waals surface area contributed by atoms with Crippen LogP contribution in [0, 0.1) is 5.92 Å². The summed E-state index contributed by atoms with van der Waals surface area (Å²) in [6.45, 7) is 4.42. The molecule has 0 spiro atoms. The summed E-state index contributed by atoms with van der Waals surface area (Å²) in [5.74, 6) is -1.23. The molecule has 0 bridgehead atoms. The van der Waals surface area contributed by atoms with Gasteiger partial charge < -0.3 is 15.2 Å². The number of carboxylic acids is 1. The lowest BCUT2D eigenvalue weighted by Gasteiger charge is -2.19. The Morgan fingerprint density at radius 2 is 2.40 bits per heavy atom. The predicted molar refractivity (Wildman–Crippen MR) is 73.8 cm³/mol. The van der Waals surface area contributed by atoms with Crippen molar-refractivity contribution in [3.05, 3.63) is 16.1 Å². The second kappa shape index (κ2) is 6.32. The van der Waals surface area contributed by atoms with E-state index in [1.165, 1.54) is 16.7 Å². The van der Waals surface area contributed by atoms with Gasteiger partial charge in [-0.2, -0.15) is 0 Å². The number of aromatic carboxylic acids is 1. The number of nitrogens with one attached hydrogen (secondary N) is 1. The summed E-state index contributed by atoms with van der Waals surface area (Å²) in [6, 6.07) is -0.293. The van der Waals surface area contributed by atoms with E-state index in [0.717, 1.165) is 12.8 Å². The predicted octanol–water partition coefficient (Wildman–Crippen LogP) is 1.83. The molecule has 7 heteroatoms. The highest BCUT2D eigenvalue weighted by Gasteiger charge is 2.33. The van der Waals surface area contributed by atoms with Crippen LogP contribution in [0.25, 0.3) is 0 Å². The molecule has 6 nitrogen and oxygen atoms in total. The van der Waals surface area contributed by atoms with Crippen molar-refractivity contribution in [3.8, 4) is 0 Å². The van der Waals surface area contributed by atoms with Gasteiger partial charge >= 0.3 is 5.97 Å². The van der Waals surface area contributed by atoms with Crippen LogP contribution in [0.2, 0.25) is 0 Å². The molecule has 0 aliphatic carbocycles. The summed E-state index contributed by atoms with van der Waals surface area (Å²) >= 11 is 1.24. The van der Waals surface area contributed by atoms with Crippen molar-refractivity contribution in [3.63, 3.8) is 0 Å². The maximum absolute atomic E-state index is 12.2. The topological polar surface area (TPSA) is 88.5 Å². The van der Waals surface area contributed by atoms with E-state index in [2.05, 4.69) is 10.3 Å². The highest BCUT2D eigenvalue weighted by molar-refractivity contribution is 7.09. The fourth-order valence-electron chi connectivity index (χ4n) is 2.32. The first-order valence-electron chi connectivity index (χ1n) is 6.63. The molecule has 2 rings (SSSR count). The van der Waals surface area contributed by atoms with E-state index in [0.29, 0.717) is 11.6 Å². The van der Waals surface area contributed by atoms with Crippen molar-refractivity contribution in [2.24, 2.45) is 5.92 Å². The van der Waals surface area contributed by atoms with Crippen molar-refractivity contribution < 1.29 is 19.4 Å². The summed E-state index contributed by atoms with van der Waals surface area (Å²) in [5, 5.41) is 13.8. The number of nitrogens with zero attached hydrogens (tertiary/aromatic N) is 1. The summed E-state index contributed by atoms with van der Waals surface area (Å²) < 4.78 is 5.51. The Kier molecular flexibility index (Phi) is 4.72. The fourth-order valence-corrected chi connectivity index (χ4v) is 3.12. The lowest BCUT2D eigenvalue weighted by Crippen LogP contribution is -2.36. The third-order valence-electron chi connectivity index (χ3n) is 3.42. The lowest BCUT2D eigenvalue weighted by atomic mass is 9.98. The molecule has 110 valence electrons. The average molecular weight is 298 g/mol. The Hall–Kier alpha value is -1.47. The maximum atomic E-state index is 12.2. The molecule has 3 atom stereocenters. The largest absolute Gasteiger partial charge is 0.476 e. The van der Waals surface area contributed by atoms with E-state index in [1.54, 1.807) is 6.92 Å². The molecular formula is C13H18N2O4S. The lowest BCUT2D eigenvalue weighted by molar-refractivity contribution is -0.127. The zero-order chi connectivity index (χ0) is 14.7. The van der Waals surface area contributed by atoms with E-state index in [1.807, 2.05) is 6.92 Å². The zero-order valence-electron chi connectivity index (χ0n) is 11.5. The number of ether oxygens (including phenoxy) is 1. The molecule has 2 N–H and O–H groups in total. The van der Waals surface area contributed by atoms with Gasteiger partial charge in [-0.05, 0) is 19.8 Å². The number of aromatic nitrogens is 1. The van der Waals surface area contributed by atoms with Crippen LogP contribution in [-0.4, -0.2) is 34.7 Å². The molecule has 1 saturated heterocycles. The number of carbonyl (C=O) groups excluding carboxylic acids is 1. The molecule has 0 saturated carbocycles. The van der Waals surface area contributed by atoms with Crippen molar-refractivity contribution in [1.29, 1.82) is 0 Å². The molecule has 1 fully saturated rings. The smallest absolute Gasteiger partial charge is 0.355 e. The van der Waals surface area contributed by atoms with Gasteiger partial charge in [-0.15, -0.1) is 11.3 Å². The summed E-state index contributed by atoms with van der Waals surface area (Å²) in [7, 11) is 0. The van der Waals surface area contributed by atoms with Crippen molar-refractivity contribution >= 4 is 23.2 Å². The Bertz CT molecular complexity index is 502. The number of thiazole rings is 1. The van der Waals surface area contributed by atoms with Gasteiger partial charge in [-0.25, -0.2) is 9.78 Å². The summed E-state index contributed by atoms with van der Waals surface area (Å²) in [6.07, 6.45) is 1.52. The third-order valence-corrected chi connectivity index (χ3v) is 4.45. The van der Waals surface area contributed by atoms with Gasteiger partial charge in [0.05, 0.1) is 18.1 Å². The van der Waals surface area contributed by atoms with Gasteiger partial charge in [-0.1, -0.05) is 6.92 Å². The van der Waals surface area contributed by atoms with Gasteiger partial charge in [0.2, 0.25) is 5.91 Å². The monoisotopic (exact) mass is 298 g/mol. The minimum atomic E-state index is -1.05. The van der Waals surface area contributed by atoms with E-state index >= 15 is 0 Å². The van der Waals surface area contributed by atoms with Gasteiger partial charge in [-0.3, -0.25) is 4.79 Å². The maximum Gasteiger partial charge on any atom is 0.355 e. The van der Waals surface area contributed by atoms with Crippen LogP contribution < -0.4 is 5.32 Å². The van der Waals surface area contributed by atoms with E-state index in [9.17, 15) is 9.59 Å². The molecule has 20 heavy (non-hydrogen) atoms. The van der Waals surface area contributed by atoms with Gasteiger partial charge in [0.1, 0.15) is 5.01 Å². The number of carbonyl (C=O) groups is 2. The first-order valence-corrected chi connectivity index (χ1v) is 7.51. The van der Waals surface area contributed by atoms with E-state index in [4.69, 9.17) is 9.84 Å². The average Bonchev–Trinajstić information content (AvgIpc) is 3.07. The number of carboxylic acid groups (broad SMARTS) is 1. The molecule has 1 aliphatic rings. The normalized spacial score (nSPS) is 23.5. The van der Waals surface area contributed by atoms with Crippen molar-refractivity contribution in [2.75, 3.05) is 6.61 Å². The second-order valence-electron chi connectivity index (χ2n) is 4.82. The minimum absolute atomic E-state index is 0.0155. The van der Waals surface area contributed by atoms with E-state index < -0.39 is 5.97 Å². The quantitative estimate of drug-likeness (QED) is 0.866. The first-order chi connectivity index (χ1) is 9.52. The van der Waals surface area contributed by atoms with Crippen LogP contribution in [0.4, 0.5) is 0 Å². The number of hydrogen-bond donors (Lipinski definition) is 2. The van der Waals surface area contributed by atoms with Crippen LogP contribution in [0.5, 0.6) is 0 Å². The molecule has 1 aromatic rings. The van der Waals surface area contributed by atoms with Crippen LogP contribution in [0.3, 0.4) is 0 Å². The van der Waals surface area contributed by atoms with Gasteiger partial charge in [0.15, 0.2) is 5.69 Å². The Morgan fingerprint density at radius 3 is 3.00 bits per heavy atom. The highest BCUT2D eigenvalue weighted by atomic mass is 32.1. The number of amides is 1. The molecule has 0 aromatic carbocycles.